The van der Waals surface area contributed by atoms with Gasteiger partial charge in [-0.15, -0.1) is 0 Å². The van der Waals surface area contributed by atoms with Crippen molar-refractivity contribution in [3.8, 4) is 0 Å². The van der Waals surface area contributed by atoms with Gasteiger partial charge in [-0.1, -0.05) is 39.0 Å². The molecule has 2 aromatic rings. The van der Waals surface area contributed by atoms with Crippen LogP contribution in [0, 0.1) is 17.0 Å². The fourth-order valence-corrected chi connectivity index (χ4v) is 5.03. The molecule has 0 aliphatic heterocycles. The van der Waals surface area contributed by atoms with Crippen LogP contribution in [-0.2, 0) is 29.6 Å². The number of rotatable bonds is 8. The topological polar surface area (TPSA) is 61.4 Å². The molecule has 4 nitrogen and oxygen atoms in total. The molecule has 0 aromatic heterocycles. The van der Waals surface area contributed by atoms with Crippen molar-refractivity contribution in [1.29, 1.82) is 0 Å². The number of fused-ring (bicyclic) bond motifs is 1. The highest BCUT2D eigenvalue weighted by Gasteiger charge is 2.33. The molecule has 6 heteroatoms. The summed E-state index contributed by atoms with van der Waals surface area (Å²) in [4.78, 5) is 11.8. The van der Waals surface area contributed by atoms with Crippen LogP contribution in [0.3, 0.4) is 0 Å². The van der Waals surface area contributed by atoms with Crippen molar-refractivity contribution in [2.75, 3.05) is 6.54 Å². The quantitative estimate of drug-likeness (QED) is 0.517. The summed E-state index contributed by atoms with van der Waals surface area (Å²) in [7, 11) is 0. The van der Waals surface area contributed by atoms with E-state index in [1.54, 1.807) is 0 Å². The summed E-state index contributed by atoms with van der Waals surface area (Å²) < 4.78 is 27.3. The lowest BCUT2D eigenvalue weighted by Gasteiger charge is -2.39. The van der Waals surface area contributed by atoms with E-state index in [1.165, 1.54) is 35.7 Å². The molecule has 0 radical (unpaired) electrons. The monoisotopic (exact) mass is 472 g/mol. The molecule has 0 fully saturated rings. The first kappa shape index (κ1) is 26.3. The Bertz CT molecular complexity index is 998. The minimum absolute atomic E-state index is 0.125. The SMILES string of the molecule is CC(=O)NC(Cc1cc(F)cc(F)c1)C(O)CNC1(C)CCCc2ccc(CC(C)(C)C)cc21. The van der Waals surface area contributed by atoms with E-state index in [9.17, 15) is 18.7 Å². The zero-order chi connectivity index (χ0) is 25.1. The highest BCUT2D eigenvalue weighted by atomic mass is 19.1. The van der Waals surface area contributed by atoms with E-state index in [4.69, 9.17) is 0 Å². The molecule has 0 heterocycles. The molecular formula is C28H38F2N2O2. The van der Waals surface area contributed by atoms with Crippen LogP contribution in [0.1, 0.15) is 69.7 Å². The Morgan fingerprint density at radius 2 is 1.79 bits per heavy atom. The molecule has 34 heavy (non-hydrogen) atoms. The van der Waals surface area contributed by atoms with Crippen LogP contribution in [0.5, 0.6) is 0 Å². The number of carbonyl (C=O) groups is 1. The minimum atomic E-state index is -0.935. The second-order valence-electron chi connectivity index (χ2n) is 11.2. The van der Waals surface area contributed by atoms with Gasteiger partial charge in [0.15, 0.2) is 0 Å². The van der Waals surface area contributed by atoms with E-state index in [-0.39, 0.29) is 29.8 Å². The van der Waals surface area contributed by atoms with Crippen molar-refractivity contribution in [3.05, 3.63) is 70.3 Å². The largest absolute Gasteiger partial charge is 0.390 e. The van der Waals surface area contributed by atoms with Crippen LogP contribution in [0.25, 0.3) is 0 Å². The van der Waals surface area contributed by atoms with Crippen LogP contribution in [0.4, 0.5) is 8.78 Å². The molecule has 3 unspecified atom stereocenters. The number of nitrogens with one attached hydrogen (secondary N) is 2. The van der Waals surface area contributed by atoms with E-state index in [0.717, 1.165) is 31.7 Å². The minimum Gasteiger partial charge on any atom is -0.390 e. The summed E-state index contributed by atoms with van der Waals surface area (Å²) in [5.74, 6) is -1.66. The number of carbonyl (C=O) groups excluding carboxylic acids is 1. The Kier molecular flexibility index (Phi) is 8.14. The standard InChI is InChI=1S/C28H38F2N2O2/c1-18(33)32-25(14-20-11-22(29)15-23(30)12-20)26(34)17-31-28(5)10-6-7-21-9-8-19(13-24(21)28)16-27(2,3)4/h8-9,11-13,15,25-26,31,34H,6-7,10,14,16-17H2,1-5H3,(H,32,33). The lowest BCUT2D eigenvalue weighted by molar-refractivity contribution is -0.120. The molecule has 0 saturated carbocycles. The van der Waals surface area contributed by atoms with Gasteiger partial charge in [0.1, 0.15) is 11.6 Å². The van der Waals surface area contributed by atoms with Crippen LogP contribution in [-0.4, -0.2) is 29.7 Å². The van der Waals surface area contributed by atoms with Gasteiger partial charge in [-0.05, 0) is 78.8 Å². The number of halogens is 2. The molecule has 0 spiro atoms. The molecular weight excluding hydrogens is 434 g/mol. The van der Waals surface area contributed by atoms with Crippen molar-refractivity contribution >= 4 is 5.91 Å². The number of benzene rings is 2. The van der Waals surface area contributed by atoms with E-state index < -0.39 is 23.8 Å². The maximum Gasteiger partial charge on any atom is 0.217 e. The summed E-state index contributed by atoms with van der Waals surface area (Å²) in [5, 5.41) is 17.3. The first-order chi connectivity index (χ1) is 15.8. The highest BCUT2D eigenvalue weighted by Crippen LogP contribution is 2.36. The van der Waals surface area contributed by atoms with E-state index in [0.29, 0.717) is 5.56 Å². The van der Waals surface area contributed by atoms with Crippen LogP contribution in [0.15, 0.2) is 36.4 Å². The van der Waals surface area contributed by atoms with Gasteiger partial charge in [0.2, 0.25) is 5.91 Å². The van der Waals surface area contributed by atoms with E-state index in [2.05, 4.69) is 56.5 Å². The van der Waals surface area contributed by atoms with Crippen LogP contribution < -0.4 is 10.6 Å². The fraction of sp³-hybridized carbons (Fsp3) is 0.536. The smallest absolute Gasteiger partial charge is 0.217 e. The Morgan fingerprint density at radius 3 is 2.41 bits per heavy atom. The summed E-state index contributed by atoms with van der Waals surface area (Å²) in [6.45, 7) is 10.5. The summed E-state index contributed by atoms with van der Waals surface area (Å²) in [6, 6.07) is 9.33. The first-order valence-electron chi connectivity index (χ1n) is 12.1. The van der Waals surface area contributed by atoms with Gasteiger partial charge in [0.05, 0.1) is 12.1 Å². The highest BCUT2D eigenvalue weighted by molar-refractivity contribution is 5.73. The molecule has 3 atom stereocenters. The lowest BCUT2D eigenvalue weighted by Crippen LogP contribution is -2.52. The zero-order valence-corrected chi connectivity index (χ0v) is 21.0. The molecule has 186 valence electrons. The van der Waals surface area contributed by atoms with Crippen molar-refractivity contribution in [1.82, 2.24) is 10.6 Å². The Morgan fingerprint density at radius 1 is 1.12 bits per heavy atom. The normalized spacial score (nSPS) is 19.9. The van der Waals surface area contributed by atoms with Crippen LogP contribution in [0.2, 0.25) is 0 Å². The average molecular weight is 473 g/mol. The lowest BCUT2D eigenvalue weighted by atomic mass is 9.76. The predicted octanol–water partition coefficient (Wildman–Crippen LogP) is 4.80. The predicted molar refractivity (Wildman–Crippen MR) is 132 cm³/mol. The summed E-state index contributed by atoms with van der Waals surface area (Å²) in [5.41, 5.74) is 4.14. The van der Waals surface area contributed by atoms with Gasteiger partial charge < -0.3 is 15.7 Å². The van der Waals surface area contributed by atoms with Gasteiger partial charge in [-0.25, -0.2) is 8.78 Å². The second-order valence-corrected chi connectivity index (χ2v) is 11.2. The molecule has 0 saturated heterocycles. The zero-order valence-electron chi connectivity index (χ0n) is 21.0. The molecule has 3 N–H and O–H groups in total. The Balaban J connectivity index is 1.76. The average Bonchev–Trinajstić information content (AvgIpc) is 2.70. The molecule has 3 rings (SSSR count). The van der Waals surface area contributed by atoms with Crippen molar-refractivity contribution in [3.63, 3.8) is 0 Å². The Labute approximate surface area is 202 Å². The number of aliphatic hydroxyl groups is 1. The maximum atomic E-state index is 13.7. The molecule has 2 aromatic carbocycles. The molecule has 1 aliphatic carbocycles. The third-order valence-electron chi connectivity index (χ3n) is 6.56. The van der Waals surface area contributed by atoms with Gasteiger partial charge in [-0.2, -0.15) is 0 Å². The van der Waals surface area contributed by atoms with Crippen molar-refractivity contribution < 1.29 is 18.7 Å². The number of aliphatic hydroxyl groups excluding tert-OH is 1. The maximum absolute atomic E-state index is 13.7. The second kappa shape index (κ2) is 10.5. The van der Waals surface area contributed by atoms with Crippen LogP contribution >= 0.6 is 0 Å². The number of aryl methyl sites for hydroxylation is 1. The fourth-order valence-electron chi connectivity index (χ4n) is 5.03. The number of hydrogen-bond acceptors (Lipinski definition) is 3. The van der Waals surface area contributed by atoms with Crippen molar-refractivity contribution in [2.24, 2.45) is 5.41 Å². The van der Waals surface area contributed by atoms with E-state index >= 15 is 0 Å². The molecule has 1 aliphatic rings. The Hall–Kier alpha value is -2.31. The summed E-state index contributed by atoms with van der Waals surface area (Å²) >= 11 is 0. The van der Waals surface area contributed by atoms with Gasteiger partial charge >= 0.3 is 0 Å². The molecule has 1 amide bonds. The van der Waals surface area contributed by atoms with E-state index in [1.807, 2.05) is 0 Å². The third-order valence-corrected chi connectivity index (χ3v) is 6.56. The van der Waals surface area contributed by atoms with Gasteiger partial charge in [0, 0.05) is 25.1 Å². The summed E-state index contributed by atoms with van der Waals surface area (Å²) in [6.07, 6.45) is 3.18. The molecule has 0 bridgehead atoms. The van der Waals surface area contributed by atoms with Gasteiger partial charge in [-0.3, -0.25) is 4.79 Å². The first-order valence-corrected chi connectivity index (χ1v) is 12.1. The van der Waals surface area contributed by atoms with Crippen molar-refractivity contribution in [2.45, 2.75) is 84.4 Å². The van der Waals surface area contributed by atoms with Gasteiger partial charge in [0.25, 0.3) is 0 Å². The third kappa shape index (κ3) is 7.09. The number of hydrogen-bond donors (Lipinski definition) is 3. The number of amides is 1.